The molecule has 2 rings (SSSR count). The molecule has 2 N–H and O–H groups in total. The molecule has 0 fully saturated rings. The Morgan fingerprint density at radius 3 is 2.94 bits per heavy atom. The highest BCUT2D eigenvalue weighted by molar-refractivity contribution is 8.01. The van der Waals surface area contributed by atoms with Gasteiger partial charge in [0.25, 0.3) is 0 Å². The molecule has 6 heteroatoms. The van der Waals surface area contributed by atoms with Crippen molar-refractivity contribution in [2.24, 2.45) is 5.73 Å². The molecule has 0 radical (unpaired) electrons. The van der Waals surface area contributed by atoms with Crippen molar-refractivity contribution in [1.29, 1.82) is 0 Å². The van der Waals surface area contributed by atoms with Gasteiger partial charge in [-0.2, -0.15) is 4.37 Å². The molecule has 0 amide bonds. The molecule has 1 unspecified atom stereocenters. The summed E-state index contributed by atoms with van der Waals surface area (Å²) in [5.74, 6) is 1.66. The maximum atomic E-state index is 5.85. The van der Waals surface area contributed by atoms with Crippen molar-refractivity contribution < 1.29 is 4.74 Å². The van der Waals surface area contributed by atoms with Gasteiger partial charge in [0.1, 0.15) is 11.6 Å². The fourth-order valence-electron chi connectivity index (χ4n) is 1.54. The van der Waals surface area contributed by atoms with E-state index in [2.05, 4.69) is 15.4 Å². The Morgan fingerprint density at radius 1 is 1.50 bits per heavy atom. The van der Waals surface area contributed by atoms with E-state index in [0.29, 0.717) is 6.54 Å². The number of aryl methyl sites for hydroxylation is 1. The highest BCUT2D eigenvalue weighted by Crippen LogP contribution is 2.36. The second kappa shape index (κ2) is 6.17. The van der Waals surface area contributed by atoms with Gasteiger partial charge in [-0.15, -0.1) is 0 Å². The van der Waals surface area contributed by atoms with Crippen LogP contribution in [0.15, 0.2) is 28.6 Å². The first-order valence-corrected chi connectivity index (χ1v) is 7.19. The lowest BCUT2D eigenvalue weighted by Crippen LogP contribution is -2.09. The van der Waals surface area contributed by atoms with Gasteiger partial charge in [0.2, 0.25) is 0 Å². The summed E-state index contributed by atoms with van der Waals surface area (Å²) >= 11 is 3.06. The third-order valence-corrected chi connectivity index (χ3v) is 4.59. The van der Waals surface area contributed by atoms with E-state index < -0.39 is 0 Å². The molecule has 1 aromatic carbocycles. The molecule has 2 aromatic rings. The molecule has 0 bridgehead atoms. The minimum absolute atomic E-state index is 0.174. The van der Waals surface area contributed by atoms with E-state index in [4.69, 9.17) is 10.5 Å². The topological polar surface area (TPSA) is 61.0 Å². The van der Waals surface area contributed by atoms with Crippen molar-refractivity contribution in [3.63, 3.8) is 0 Å². The number of hydrogen-bond acceptors (Lipinski definition) is 6. The predicted octanol–water partition coefficient (Wildman–Crippen LogP) is 2.65. The van der Waals surface area contributed by atoms with Crippen LogP contribution < -0.4 is 10.5 Å². The van der Waals surface area contributed by atoms with E-state index in [0.717, 1.165) is 21.5 Å². The molecule has 0 aliphatic heterocycles. The van der Waals surface area contributed by atoms with Crippen molar-refractivity contribution >= 4 is 23.3 Å². The van der Waals surface area contributed by atoms with E-state index in [-0.39, 0.29) is 5.25 Å². The highest BCUT2D eigenvalue weighted by Gasteiger charge is 2.14. The minimum atomic E-state index is 0.174. The van der Waals surface area contributed by atoms with Crippen LogP contribution in [0, 0.1) is 6.92 Å². The molecule has 0 aliphatic rings. The normalized spacial score (nSPS) is 12.4. The molecule has 1 atom stereocenters. The predicted molar refractivity (Wildman–Crippen MR) is 75.3 cm³/mol. The van der Waals surface area contributed by atoms with Crippen LogP contribution in [-0.4, -0.2) is 23.0 Å². The number of ether oxygens (including phenoxy) is 1. The average Bonchev–Trinajstić information content (AvgIpc) is 2.81. The van der Waals surface area contributed by atoms with Gasteiger partial charge in [0.15, 0.2) is 4.34 Å². The average molecular weight is 281 g/mol. The zero-order valence-corrected chi connectivity index (χ0v) is 11.9. The fourth-order valence-corrected chi connectivity index (χ4v) is 3.41. The first kappa shape index (κ1) is 13.3. The monoisotopic (exact) mass is 281 g/mol. The van der Waals surface area contributed by atoms with Gasteiger partial charge >= 0.3 is 0 Å². The SMILES string of the molecule is COc1cccc(C(CN)Sc2nc(C)ns2)c1. The van der Waals surface area contributed by atoms with Crippen LogP contribution in [0.2, 0.25) is 0 Å². The Bertz CT molecular complexity index is 516. The van der Waals surface area contributed by atoms with Crippen LogP contribution in [-0.2, 0) is 0 Å². The molecular weight excluding hydrogens is 266 g/mol. The zero-order chi connectivity index (χ0) is 13.0. The largest absolute Gasteiger partial charge is 0.497 e. The standard InChI is InChI=1S/C12H15N3OS2/c1-8-14-12(18-15-8)17-11(7-13)9-4-3-5-10(6-9)16-2/h3-6,11H,7,13H2,1-2H3. The molecule has 0 saturated heterocycles. The maximum absolute atomic E-state index is 5.85. The number of hydrogen-bond donors (Lipinski definition) is 1. The van der Waals surface area contributed by atoms with Crippen LogP contribution in [0.25, 0.3) is 0 Å². The highest BCUT2D eigenvalue weighted by atomic mass is 32.2. The molecule has 0 aliphatic carbocycles. The second-order valence-electron chi connectivity index (χ2n) is 3.73. The third kappa shape index (κ3) is 3.22. The molecule has 1 aromatic heterocycles. The van der Waals surface area contributed by atoms with Crippen LogP contribution >= 0.6 is 23.3 Å². The van der Waals surface area contributed by atoms with Crippen LogP contribution in [0.4, 0.5) is 0 Å². The zero-order valence-electron chi connectivity index (χ0n) is 10.3. The summed E-state index contributed by atoms with van der Waals surface area (Å²) < 4.78 is 10.4. The first-order valence-electron chi connectivity index (χ1n) is 5.54. The van der Waals surface area contributed by atoms with Gasteiger partial charge in [-0.3, -0.25) is 0 Å². The van der Waals surface area contributed by atoms with Gasteiger partial charge in [-0.05, 0) is 36.2 Å². The molecule has 96 valence electrons. The fraction of sp³-hybridized carbons (Fsp3) is 0.333. The maximum Gasteiger partial charge on any atom is 0.170 e. The molecule has 1 heterocycles. The number of benzene rings is 1. The van der Waals surface area contributed by atoms with Crippen LogP contribution in [0.5, 0.6) is 5.75 Å². The summed E-state index contributed by atoms with van der Waals surface area (Å²) in [6, 6.07) is 7.97. The Balaban J connectivity index is 2.17. The van der Waals surface area contributed by atoms with Gasteiger partial charge in [-0.25, -0.2) is 4.98 Å². The van der Waals surface area contributed by atoms with Crippen molar-refractivity contribution in [3.8, 4) is 5.75 Å². The Labute approximate surface area is 115 Å². The summed E-state index contributed by atoms with van der Waals surface area (Å²) in [7, 11) is 1.66. The van der Waals surface area contributed by atoms with E-state index in [9.17, 15) is 0 Å². The summed E-state index contributed by atoms with van der Waals surface area (Å²) in [6.07, 6.45) is 0. The minimum Gasteiger partial charge on any atom is -0.497 e. The van der Waals surface area contributed by atoms with Gasteiger partial charge in [0, 0.05) is 11.8 Å². The van der Waals surface area contributed by atoms with Crippen molar-refractivity contribution in [2.75, 3.05) is 13.7 Å². The number of nitrogens with two attached hydrogens (primary N) is 1. The Morgan fingerprint density at radius 2 is 2.33 bits per heavy atom. The van der Waals surface area contributed by atoms with E-state index in [1.807, 2.05) is 25.1 Å². The second-order valence-corrected chi connectivity index (χ2v) is 5.93. The molecule has 0 spiro atoms. The first-order chi connectivity index (χ1) is 8.72. The van der Waals surface area contributed by atoms with Crippen molar-refractivity contribution in [1.82, 2.24) is 9.36 Å². The van der Waals surface area contributed by atoms with Gasteiger partial charge < -0.3 is 10.5 Å². The lowest BCUT2D eigenvalue weighted by molar-refractivity contribution is 0.414. The van der Waals surface area contributed by atoms with E-state index in [1.54, 1.807) is 18.9 Å². The van der Waals surface area contributed by atoms with Gasteiger partial charge in [0.05, 0.1) is 7.11 Å². The van der Waals surface area contributed by atoms with Crippen molar-refractivity contribution in [2.45, 2.75) is 16.5 Å². The molecular formula is C12H15N3OS2. The van der Waals surface area contributed by atoms with E-state index in [1.165, 1.54) is 11.5 Å². The summed E-state index contributed by atoms with van der Waals surface area (Å²) in [6.45, 7) is 2.44. The number of nitrogens with zero attached hydrogens (tertiary/aromatic N) is 2. The quantitative estimate of drug-likeness (QED) is 0.854. The van der Waals surface area contributed by atoms with Crippen molar-refractivity contribution in [3.05, 3.63) is 35.7 Å². The number of aromatic nitrogens is 2. The lowest BCUT2D eigenvalue weighted by Gasteiger charge is -2.13. The number of rotatable bonds is 5. The van der Waals surface area contributed by atoms with Gasteiger partial charge in [-0.1, -0.05) is 23.9 Å². The summed E-state index contributed by atoms with van der Waals surface area (Å²) in [5, 5.41) is 0.174. The lowest BCUT2D eigenvalue weighted by atomic mass is 10.1. The summed E-state index contributed by atoms with van der Waals surface area (Å²) in [4.78, 5) is 4.35. The Kier molecular flexibility index (Phi) is 4.57. The smallest absolute Gasteiger partial charge is 0.170 e. The van der Waals surface area contributed by atoms with E-state index >= 15 is 0 Å². The van der Waals surface area contributed by atoms with Crippen LogP contribution in [0.1, 0.15) is 16.6 Å². The third-order valence-electron chi connectivity index (χ3n) is 2.43. The summed E-state index contributed by atoms with van der Waals surface area (Å²) in [5.41, 5.74) is 6.99. The number of methoxy groups -OCH3 is 1. The Hall–Kier alpha value is -1.11. The molecule has 4 nitrogen and oxygen atoms in total. The number of thioether (sulfide) groups is 1. The van der Waals surface area contributed by atoms with Crippen LogP contribution in [0.3, 0.4) is 0 Å². The molecule has 0 saturated carbocycles. The molecule has 18 heavy (non-hydrogen) atoms.